The van der Waals surface area contributed by atoms with Gasteiger partial charge in [-0.05, 0) is 68.3 Å². The van der Waals surface area contributed by atoms with E-state index in [0.717, 1.165) is 19.4 Å². The molecular weight excluding hydrogens is 464 g/mol. The fourth-order valence-electron chi connectivity index (χ4n) is 4.20. The van der Waals surface area contributed by atoms with Gasteiger partial charge in [-0.3, -0.25) is 9.48 Å². The van der Waals surface area contributed by atoms with Gasteiger partial charge in [0.25, 0.3) is 5.91 Å². The minimum atomic E-state index is -4.80. The van der Waals surface area contributed by atoms with E-state index in [2.05, 4.69) is 15.7 Å². The second-order valence-electron chi connectivity index (χ2n) is 8.48. The first-order valence-corrected chi connectivity index (χ1v) is 11.4. The van der Waals surface area contributed by atoms with Gasteiger partial charge < -0.3 is 15.4 Å². The minimum absolute atomic E-state index is 0.241. The zero-order valence-electron chi connectivity index (χ0n) is 19.2. The summed E-state index contributed by atoms with van der Waals surface area (Å²) in [5.74, 6) is -1.44. The molecule has 6 nitrogen and oxygen atoms in total. The van der Waals surface area contributed by atoms with Crippen LogP contribution < -0.4 is 15.4 Å². The van der Waals surface area contributed by atoms with Gasteiger partial charge in [0, 0.05) is 30.5 Å². The fourth-order valence-corrected chi connectivity index (χ4v) is 4.20. The number of hydrogen-bond acceptors (Lipinski definition) is 4. The molecule has 1 saturated heterocycles. The van der Waals surface area contributed by atoms with E-state index in [1.165, 1.54) is 12.8 Å². The Labute approximate surface area is 200 Å². The van der Waals surface area contributed by atoms with Crippen LogP contribution in [0.4, 0.5) is 23.2 Å². The van der Waals surface area contributed by atoms with Gasteiger partial charge in [0.2, 0.25) is 0 Å². The average Bonchev–Trinajstić information content (AvgIpc) is 3.25. The van der Waals surface area contributed by atoms with Crippen LogP contribution in [0.25, 0.3) is 11.3 Å². The molecule has 1 fully saturated rings. The van der Waals surface area contributed by atoms with Gasteiger partial charge in [0.1, 0.15) is 11.6 Å². The van der Waals surface area contributed by atoms with Gasteiger partial charge in [-0.1, -0.05) is 6.42 Å². The molecule has 1 aliphatic heterocycles. The monoisotopic (exact) mass is 490 g/mol. The van der Waals surface area contributed by atoms with Gasteiger partial charge in [0.05, 0.1) is 23.4 Å². The van der Waals surface area contributed by atoms with E-state index in [9.17, 15) is 22.4 Å². The Bertz CT molecular complexity index is 1190. The number of aryl methyl sites for hydroxylation is 1. The lowest BCUT2D eigenvalue weighted by molar-refractivity contribution is -0.137. The van der Waals surface area contributed by atoms with Gasteiger partial charge in [-0.2, -0.15) is 18.3 Å². The first-order valence-electron chi connectivity index (χ1n) is 11.4. The molecule has 0 spiro atoms. The topological polar surface area (TPSA) is 68.2 Å². The Kier molecular flexibility index (Phi) is 7.39. The quantitative estimate of drug-likeness (QED) is 0.435. The second kappa shape index (κ2) is 10.5. The van der Waals surface area contributed by atoms with Crippen LogP contribution in [0, 0.1) is 5.82 Å². The summed E-state index contributed by atoms with van der Waals surface area (Å²) in [4.78, 5) is 12.7. The number of carbonyl (C=O) groups is 1. The number of amides is 1. The molecule has 35 heavy (non-hydrogen) atoms. The van der Waals surface area contributed by atoms with Crippen molar-refractivity contribution < 1.29 is 27.1 Å². The number of nitrogens with zero attached hydrogens (tertiary/aromatic N) is 2. The van der Waals surface area contributed by atoms with Crippen LogP contribution in [-0.2, 0) is 13.2 Å². The molecule has 1 atom stereocenters. The molecule has 0 aliphatic carbocycles. The molecular formula is C25H26F4N4O2. The van der Waals surface area contributed by atoms with E-state index in [0.29, 0.717) is 47.9 Å². The van der Waals surface area contributed by atoms with Crippen LogP contribution >= 0.6 is 0 Å². The first kappa shape index (κ1) is 24.7. The number of alkyl halides is 3. The first-order chi connectivity index (χ1) is 16.7. The zero-order chi connectivity index (χ0) is 25.0. The molecule has 3 aromatic rings. The van der Waals surface area contributed by atoms with Crippen LogP contribution in [0.1, 0.15) is 41.6 Å². The largest absolute Gasteiger partial charge is 0.493 e. The third-order valence-electron chi connectivity index (χ3n) is 6.00. The number of anilines is 1. The Morgan fingerprint density at radius 3 is 2.71 bits per heavy atom. The molecule has 10 heteroatoms. The highest BCUT2D eigenvalue weighted by Crippen LogP contribution is 2.35. The SMILES string of the molecule is Cn1nccc1-c1cc(NC(=O)c2cc(F)ccc2C(F)(F)F)ccc1OCCC1CCCCN1. The Balaban J connectivity index is 1.57. The lowest BCUT2D eigenvalue weighted by Gasteiger charge is -2.23. The predicted molar refractivity (Wildman–Crippen MR) is 124 cm³/mol. The summed E-state index contributed by atoms with van der Waals surface area (Å²) in [6.45, 7) is 1.48. The summed E-state index contributed by atoms with van der Waals surface area (Å²) in [6.07, 6.45) is 1.11. The number of piperidine rings is 1. The van der Waals surface area contributed by atoms with E-state index < -0.39 is 29.0 Å². The van der Waals surface area contributed by atoms with Crippen molar-refractivity contribution in [2.75, 3.05) is 18.5 Å². The molecule has 2 N–H and O–H groups in total. The maximum atomic E-state index is 13.7. The highest BCUT2D eigenvalue weighted by Gasteiger charge is 2.35. The minimum Gasteiger partial charge on any atom is -0.493 e. The lowest BCUT2D eigenvalue weighted by atomic mass is 10.0. The Hall–Kier alpha value is -3.40. The number of halogens is 4. The fraction of sp³-hybridized carbons (Fsp3) is 0.360. The third kappa shape index (κ3) is 6.00. The molecule has 0 bridgehead atoms. The standard InChI is InChI=1S/C25H26F4N4O2/c1-33-22(9-12-31-33)20-15-18(6-8-23(20)35-13-10-17-4-2-3-11-30-17)32-24(34)19-14-16(26)5-7-21(19)25(27,28)29/h5-9,12,14-15,17,30H,2-4,10-11,13H2,1H3,(H,32,34). The van der Waals surface area contributed by atoms with Crippen LogP contribution in [-0.4, -0.2) is 34.9 Å². The maximum Gasteiger partial charge on any atom is 0.417 e. The molecule has 2 aromatic carbocycles. The van der Waals surface area contributed by atoms with E-state index in [1.54, 1.807) is 42.2 Å². The number of aromatic nitrogens is 2. The Morgan fingerprint density at radius 2 is 2.03 bits per heavy atom. The van der Waals surface area contributed by atoms with Gasteiger partial charge in [-0.25, -0.2) is 4.39 Å². The number of nitrogens with one attached hydrogen (secondary N) is 2. The molecule has 1 amide bonds. The Morgan fingerprint density at radius 1 is 1.20 bits per heavy atom. The highest BCUT2D eigenvalue weighted by molar-refractivity contribution is 6.05. The van der Waals surface area contributed by atoms with Crippen molar-refractivity contribution in [2.45, 2.75) is 37.9 Å². The van der Waals surface area contributed by atoms with E-state index >= 15 is 0 Å². The number of benzene rings is 2. The normalized spacial score (nSPS) is 16.2. The van der Waals surface area contributed by atoms with Crippen molar-refractivity contribution in [3.05, 3.63) is 65.6 Å². The molecule has 0 saturated carbocycles. The third-order valence-corrected chi connectivity index (χ3v) is 6.00. The molecule has 1 aromatic heterocycles. The molecule has 186 valence electrons. The second-order valence-corrected chi connectivity index (χ2v) is 8.48. The van der Waals surface area contributed by atoms with Gasteiger partial charge >= 0.3 is 6.18 Å². The van der Waals surface area contributed by atoms with Crippen LogP contribution in [0.15, 0.2) is 48.7 Å². The van der Waals surface area contributed by atoms with Gasteiger partial charge in [0.15, 0.2) is 0 Å². The molecule has 1 unspecified atom stereocenters. The summed E-state index contributed by atoms with van der Waals surface area (Å²) in [7, 11) is 1.75. The van der Waals surface area contributed by atoms with Gasteiger partial charge in [-0.15, -0.1) is 0 Å². The number of carbonyl (C=O) groups excluding carboxylic acids is 1. The molecule has 1 aliphatic rings. The summed E-state index contributed by atoms with van der Waals surface area (Å²) in [5.41, 5.74) is -0.437. The smallest absolute Gasteiger partial charge is 0.417 e. The summed E-state index contributed by atoms with van der Waals surface area (Å²) >= 11 is 0. The number of rotatable bonds is 7. The van der Waals surface area contributed by atoms with Crippen LogP contribution in [0.3, 0.4) is 0 Å². The van der Waals surface area contributed by atoms with Crippen molar-refractivity contribution in [1.29, 1.82) is 0 Å². The van der Waals surface area contributed by atoms with Crippen molar-refractivity contribution >= 4 is 11.6 Å². The number of ether oxygens (including phenoxy) is 1. The lowest BCUT2D eigenvalue weighted by Crippen LogP contribution is -2.35. The highest BCUT2D eigenvalue weighted by atomic mass is 19.4. The van der Waals surface area contributed by atoms with E-state index in [1.807, 2.05) is 0 Å². The van der Waals surface area contributed by atoms with Crippen molar-refractivity contribution in [3.63, 3.8) is 0 Å². The maximum absolute atomic E-state index is 13.7. The zero-order valence-corrected chi connectivity index (χ0v) is 19.2. The molecule has 0 radical (unpaired) electrons. The van der Waals surface area contributed by atoms with Crippen LogP contribution in [0.2, 0.25) is 0 Å². The average molecular weight is 491 g/mol. The molecule has 4 rings (SSSR count). The van der Waals surface area contributed by atoms with Crippen molar-refractivity contribution in [3.8, 4) is 17.0 Å². The molecule has 2 heterocycles. The van der Waals surface area contributed by atoms with Crippen molar-refractivity contribution in [2.24, 2.45) is 7.05 Å². The van der Waals surface area contributed by atoms with E-state index in [4.69, 9.17) is 4.74 Å². The summed E-state index contributed by atoms with van der Waals surface area (Å²) in [5, 5.41) is 10.1. The summed E-state index contributed by atoms with van der Waals surface area (Å²) < 4.78 is 61.4. The summed E-state index contributed by atoms with van der Waals surface area (Å²) in [6, 6.07) is 8.79. The van der Waals surface area contributed by atoms with E-state index in [-0.39, 0.29) is 5.69 Å². The number of hydrogen-bond donors (Lipinski definition) is 2. The predicted octanol–water partition coefficient (Wildman–Crippen LogP) is 5.41. The van der Waals surface area contributed by atoms with Crippen molar-refractivity contribution in [1.82, 2.24) is 15.1 Å². The van der Waals surface area contributed by atoms with Crippen LogP contribution in [0.5, 0.6) is 5.75 Å².